The fraction of sp³-hybridized carbons (Fsp3) is 0. The maximum atomic E-state index is 4.51. The molecule has 4 aromatic heterocycles. The van der Waals surface area contributed by atoms with E-state index in [1.807, 2.05) is 12.1 Å². The van der Waals surface area contributed by atoms with E-state index in [4.69, 9.17) is 0 Å². The SMILES string of the molecule is c1cc(-c2nnc3sc(-c4cnccn4)nn23)ccn1. The Morgan fingerprint density at radius 2 is 1.85 bits per heavy atom. The molecule has 0 spiro atoms. The maximum Gasteiger partial charge on any atom is 0.235 e. The summed E-state index contributed by atoms with van der Waals surface area (Å²) in [6.45, 7) is 0. The summed E-state index contributed by atoms with van der Waals surface area (Å²) in [4.78, 5) is 13.0. The second kappa shape index (κ2) is 4.42. The largest absolute Gasteiger partial charge is 0.265 e. The fourth-order valence-corrected chi connectivity index (χ4v) is 2.61. The second-order valence-electron chi connectivity index (χ2n) is 3.95. The van der Waals surface area contributed by atoms with Gasteiger partial charge in [-0.3, -0.25) is 15.0 Å². The molecule has 0 unspecified atom stereocenters. The molecule has 0 saturated heterocycles. The van der Waals surface area contributed by atoms with Crippen molar-refractivity contribution in [1.82, 2.24) is 34.8 Å². The van der Waals surface area contributed by atoms with Gasteiger partial charge in [0, 0.05) is 30.4 Å². The van der Waals surface area contributed by atoms with Crippen LogP contribution in [0.2, 0.25) is 0 Å². The van der Waals surface area contributed by atoms with Crippen molar-refractivity contribution in [2.24, 2.45) is 0 Å². The van der Waals surface area contributed by atoms with Crippen LogP contribution in [-0.4, -0.2) is 34.8 Å². The van der Waals surface area contributed by atoms with Gasteiger partial charge in [0.05, 0.1) is 6.20 Å². The summed E-state index contributed by atoms with van der Waals surface area (Å²) in [5.41, 5.74) is 1.65. The highest BCUT2D eigenvalue weighted by atomic mass is 32.1. The molecule has 0 aliphatic carbocycles. The van der Waals surface area contributed by atoms with Crippen molar-refractivity contribution in [1.29, 1.82) is 0 Å². The van der Waals surface area contributed by atoms with Gasteiger partial charge in [-0.15, -0.1) is 10.2 Å². The van der Waals surface area contributed by atoms with Gasteiger partial charge in [0.15, 0.2) is 10.8 Å². The third-order valence-corrected chi connectivity index (χ3v) is 3.63. The molecule has 0 atom stereocenters. The summed E-state index contributed by atoms with van der Waals surface area (Å²) in [5.74, 6) is 0.689. The normalized spacial score (nSPS) is 11.0. The molecule has 4 rings (SSSR count). The van der Waals surface area contributed by atoms with Crippen molar-refractivity contribution in [3.63, 3.8) is 0 Å². The van der Waals surface area contributed by atoms with Crippen LogP contribution in [0.15, 0.2) is 43.1 Å². The average molecular weight is 281 g/mol. The first-order chi connectivity index (χ1) is 9.92. The van der Waals surface area contributed by atoms with E-state index >= 15 is 0 Å². The van der Waals surface area contributed by atoms with Gasteiger partial charge >= 0.3 is 0 Å². The van der Waals surface area contributed by atoms with Gasteiger partial charge in [0.2, 0.25) is 4.96 Å². The average Bonchev–Trinajstić information content (AvgIpc) is 3.09. The zero-order chi connectivity index (χ0) is 13.4. The number of hydrogen-bond donors (Lipinski definition) is 0. The molecular formula is C12H7N7S. The Morgan fingerprint density at radius 1 is 0.950 bits per heavy atom. The molecule has 0 N–H and O–H groups in total. The highest BCUT2D eigenvalue weighted by Crippen LogP contribution is 2.25. The highest BCUT2D eigenvalue weighted by Gasteiger charge is 2.14. The molecule has 96 valence electrons. The van der Waals surface area contributed by atoms with Crippen molar-refractivity contribution in [2.45, 2.75) is 0 Å². The van der Waals surface area contributed by atoms with E-state index in [1.165, 1.54) is 11.3 Å². The Balaban J connectivity index is 1.88. The van der Waals surface area contributed by atoms with E-state index in [1.54, 1.807) is 35.5 Å². The predicted molar refractivity (Wildman–Crippen MR) is 72.9 cm³/mol. The summed E-state index contributed by atoms with van der Waals surface area (Å²) in [6.07, 6.45) is 8.38. The number of nitrogens with zero attached hydrogens (tertiary/aromatic N) is 7. The van der Waals surface area contributed by atoms with Crippen LogP contribution < -0.4 is 0 Å². The predicted octanol–water partition coefficient (Wildman–Crippen LogP) is 1.70. The van der Waals surface area contributed by atoms with Gasteiger partial charge in [-0.25, -0.2) is 0 Å². The number of hydrogen-bond acceptors (Lipinski definition) is 7. The lowest BCUT2D eigenvalue weighted by atomic mass is 10.2. The van der Waals surface area contributed by atoms with Crippen LogP contribution in [0.1, 0.15) is 0 Å². The van der Waals surface area contributed by atoms with Crippen molar-refractivity contribution in [2.75, 3.05) is 0 Å². The molecule has 4 heterocycles. The van der Waals surface area contributed by atoms with Crippen molar-refractivity contribution < 1.29 is 0 Å². The Hall–Kier alpha value is -2.74. The van der Waals surface area contributed by atoms with E-state index in [-0.39, 0.29) is 0 Å². The van der Waals surface area contributed by atoms with E-state index in [0.29, 0.717) is 5.82 Å². The number of fused-ring (bicyclic) bond motifs is 1. The molecule has 8 heteroatoms. The number of pyridine rings is 1. The third-order valence-electron chi connectivity index (χ3n) is 2.71. The molecule has 0 aromatic carbocycles. The molecule has 0 amide bonds. The van der Waals surface area contributed by atoms with E-state index in [9.17, 15) is 0 Å². The standard InChI is InChI=1S/C12H7N7S/c1-3-13-4-2-8(1)10-16-17-12-19(10)18-11(20-12)9-7-14-5-6-15-9/h1-7H. The first kappa shape index (κ1) is 11.1. The summed E-state index contributed by atoms with van der Waals surface area (Å²) in [6, 6.07) is 3.75. The van der Waals surface area contributed by atoms with Crippen molar-refractivity contribution in [3.8, 4) is 22.1 Å². The Morgan fingerprint density at radius 3 is 2.65 bits per heavy atom. The van der Waals surface area contributed by atoms with Crippen molar-refractivity contribution >= 4 is 16.3 Å². The van der Waals surface area contributed by atoms with Crippen LogP contribution in [0.4, 0.5) is 0 Å². The zero-order valence-corrected chi connectivity index (χ0v) is 10.9. The molecule has 0 aliphatic heterocycles. The lowest BCUT2D eigenvalue weighted by molar-refractivity contribution is 0.964. The van der Waals surface area contributed by atoms with E-state index in [0.717, 1.165) is 21.2 Å². The molecule has 20 heavy (non-hydrogen) atoms. The summed E-state index contributed by atoms with van der Waals surface area (Å²) < 4.78 is 1.71. The summed E-state index contributed by atoms with van der Waals surface area (Å²) in [5, 5.41) is 13.6. The summed E-state index contributed by atoms with van der Waals surface area (Å²) in [7, 11) is 0. The monoisotopic (exact) mass is 281 g/mol. The van der Waals surface area contributed by atoms with Crippen molar-refractivity contribution in [3.05, 3.63) is 43.1 Å². The van der Waals surface area contributed by atoms with Gasteiger partial charge < -0.3 is 0 Å². The van der Waals surface area contributed by atoms with Crippen LogP contribution in [0, 0.1) is 0 Å². The molecule has 0 radical (unpaired) electrons. The molecule has 0 fully saturated rings. The molecular weight excluding hydrogens is 274 g/mol. The fourth-order valence-electron chi connectivity index (χ4n) is 1.81. The van der Waals surface area contributed by atoms with E-state index < -0.39 is 0 Å². The van der Waals surface area contributed by atoms with Gasteiger partial charge in [-0.1, -0.05) is 11.3 Å². The third kappa shape index (κ3) is 1.74. The van der Waals surface area contributed by atoms with Gasteiger partial charge in [0.1, 0.15) is 5.69 Å². The minimum absolute atomic E-state index is 0.689. The number of aromatic nitrogens is 7. The molecule has 0 bridgehead atoms. The van der Waals surface area contributed by atoms with E-state index in [2.05, 4.69) is 30.2 Å². The van der Waals surface area contributed by atoms with Gasteiger partial charge in [-0.05, 0) is 12.1 Å². The van der Waals surface area contributed by atoms with Gasteiger partial charge in [-0.2, -0.15) is 9.61 Å². The molecule has 0 aliphatic rings. The topological polar surface area (TPSA) is 81.8 Å². The highest BCUT2D eigenvalue weighted by molar-refractivity contribution is 7.19. The van der Waals surface area contributed by atoms with Crippen LogP contribution in [0.25, 0.3) is 27.1 Å². The van der Waals surface area contributed by atoms with Crippen LogP contribution >= 0.6 is 11.3 Å². The molecule has 4 aromatic rings. The molecule has 0 saturated carbocycles. The van der Waals surface area contributed by atoms with Crippen LogP contribution in [0.3, 0.4) is 0 Å². The van der Waals surface area contributed by atoms with Crippen LogP contribution in [-0.2, 0) is 0 Å². The van der Waals surface area contributed by atoms with Gasteiger partial charge in [0.25, 0.3) is 0 Å². The smallest absolute Gasteiger partial charge is 0.235 e. The lowest BCUT2D eigenvalue weighted by Gasteiger charge is -1.95. The first-order valence-corrected chi connectivity index (χ1v) is 6.62. The summed E-state index contributed by atoms with van der Waals surface area (Å²) >= 11 is 1.43. The quantitative estimate of drug-likeness (QED) is 0.556. The first-order valence-electron chi connectivity index (χ1n) is 5.81. The maximum absolute atomic E-state index is 4.51. The Labute approximate surface area is 117 Å². The number of rotatable bonds is 2. The zero-order valence-electron chi connectivity index (χ0n) is 10.1. The lowest BCUT2D eigenvalue weighted by Crippen LogP contribution is -1.91. The molecule has 7 nitrogen and oxygen atoms in total. The second-order valence-corrected chi connectivity index (χ2v) is 4.91. The minimum atomic E-state index is 0.689. The Kier molecular flexibility index (Phi) is 2.46. The Bertz CT molecular complexity index is 853. The van der Waals surface area contributed by atoms with Crippen LogP contribution in [0.5, 0.6) is 0 Å². The minimum Gasteiger partial charge on any atom is -0.265 e.